The summed E-state index contributed by atoms with van der Waals surface area (Å²) in [6.45, 7) is -0.653. The number of nitrogens with one attached hydrogen (secondary N) is 2. The zero-order valence-electron chi connectivity index (χ0n) is 10.3. The molecule has 1 aliphatic carbocycles. The molecule has 1 fully saturated rings. The van der Waals surface area contributed by atoms with E-state index in [1.165, 1.54) is 0 Å². The van der Waals surface area contributed by atoms with E-state index in [0.717, 1.165) is 5.56 Å². The zero-order chi connectivity index (χ0) is 13.9. The number of amides is 2. The second-order valence-electron chi connectivity index (χ2n) is 4.53. The lowest BCUT2D eigenvalue weighted by molar-refractivity contribution is -0.140. The lowest BCUT2D eigenvalue weighted by atomic mass is 9.96. The molecule has 0 aliphatic heterocycles. The summed E-state index contributed by atoms with van der Waals surface area (Å²) in [5, 5.41) is 14.0. The smallest absolute Gasteiger partial charge is 0.319 e. The Morgan fingerprint density at radius 1 is 1.26 bits per heavy atom. The van der Waals surface area contributed by atoms with E-state index in [-0.39, 0.29) is 6.54 Å². The zero-order valence-corrected chi connectivity index (χ0v) is 10.3. The van der Waals surface area contributed by atoms with Gasteiger partial charge in [-0.05, 0) is 30.5 Å². The number of carboxylic acid groups (broad SMARTS) is 1. The maximum absolute atomic E-state index is 11.9. The Hall–Kier alpha value is -2.11. The van der Waals surface area contributed by atoms with Crippen LogP contribution in [0.4, 0.5) is 14.9 Å². The second kappa shape index (κ2) is 5.26. The number of alkyl halides is 1. The first-order valence-electron chi connectivity index (χ1n) is 6.03. The van der Waals surface area contributed by atoms with Gasteiger partial charge in [-0.15, -0.1) is 0 Å². The number of halogens is 1. The Morgan fingerprint density at radius 3 is 2.37 bits per heavy atom. The van der Waals surface area contributed by atoms with Gasteiger partial charge >= 0.3 is 12.0 Å². The summed E-state index contributed by atoms with van der Waals surface area (Å²) in [5.74, 6) is -0.811. The minimum Gasteiger partial charge on any atom is -0.481 e. The van der Waals surface area contributed by atoms with Crippen molar-refractivity contribution < 1.29 is 19.1 Å². The fourth-order valence-electron chi connectivity index (χ4n) is 1.96. The standard InChI is InChI=1S/C13H15FN2O3/c14-7-8-15-12(19)16-10-3-1-9(2-4-10)13(5-6-13)11(17)18/h1-4H,5-8H2,(H,17,18)(H2,15,16,19). The number of hydrogen-bond donors (Lipinski definition) is 3. The van der Waals surface area contributed by atoms with E-state index in [1.807, 2.05) is 0 Å². The largest absolute Gasteiger partial charge is 0.481 e. The van der Waals surface area contributed by atoms with Crippen LogP contribution in [-0.4, -0.2) is 30.3 Å². The van der Waals surface area contributed by atoms with Gasteiger partial charge in [-0.1, -0.05) is 12.1 Å². The van der Waals surface area contributed by atoms with Crippen LogP contribution in [0.15, 0.2) is 24.3 Å². The molecule has 1 aliphatic rings. The van der Waals surface area contributed by atoms with Crippen molar-refractivity contribution in [1.29, 1.82) is 0 Å². The van der Waals surface area contributed by atoms with Crippen molar-refractivity contribution in [3.8, 4) is 0 Å². The van der Waals surface area contributed by atoms with Crippen molar-refractivity contribution in [3.05, 3.63) is 29.8 Å². The highest BCUT2D eigenvalue weighted by molar-refractivity contribution is 5.89. The van der Waals surface area contributed by atoms with Crippen LogP contribution in [0.3, 0.4) is 0 Å². The Balaban J connectivity index is 1.99. The molecule has 1 aromatic rings. The van der Waals surface area contributed by atoms with Crippen molar-refractivity contribution in [3.63, 3.8) is 0 Å². The molecule has 3 N–H and O–H groups in total. The molecule has 2 amide bonds. The van der Waals surface area contributed by atoms with Crippen LogP contribution in [-0.2, 0) is 10.2 Å². The molecule has 1 aromatic carbocycles. The van der Waals surface area contributed by atoms with Crippen LogP contribution in [0.1, 0.15) is 18.4 Å². The monoisotopic (exact) mass is 266 g/mol. The first-order valence-corrected chi connectivity index (χ1v) is 6.03. The second-order valence-corrected chi connectivity index (χ2v) is 4.53. The van der Waals surface area contributed by atoms with Gasteiger partial charge in [0, 0.05) is 12.2 Å². The molecular formula is C13H15FN2O3. The first kappa shape index (κ1) is 13.3. The number of carbonyl (C=O) groups is 2. The molecule has 5 nitrogen and oxygen atoms in total. The molecular weight excluding hydrogens is 251 g/mol. The summed E-state index contributed by atoms with van der Waals surface area (Å²) >= 11 is 0. The predicted octanol–water partition coefficient (Wildman–Crippen LogP) is 1.89. The molecule has 19 heavy (non-hydrogen) atoms. The number of urea groups is 1. The topological polar surface area (TPSA) is 78.4 Å². The van der Waals surface area contributed by atoms with Crippen LogP contribution < -0.4 is 10.6 Å². The van der Waals surface area contributed by atoms with Crippen LogP contribution in [0.2, 0.25) is 0 Å². The molecule has 1 saturated carbocycles. The molecule has 0 unspecified atom stereocenters. The Morgan fingerprint density at radius 2 is 1.89 bits per heavy atom. The van der Waals surface area contributed by atoms with E-state index in [9.17, 15) is 14.0 Å². The third-order valence-electron chi connectivity index (χ3n) is 3.23. The highest BCUT2D eigenvalue weighted by atomic mass is 19.1. The van der Waals surface area contributed by atoms with Gasteiger partial charge in [-0.25, -0.2) is 9.18 Å². The third-order valence-corrected chi connectivity index (χ3v) is 3.23. The number of aliphatic carboxylic acids is 1. The number of hydrogen-bond acceptors (Lipinski definition) is 2. The van der Waals surface area contributed by atoms with Crippen molar-refractivity contribution >= 4 is 17.7 Å². The Bertz CT molecular complexity index is 483. The quantitative estimate of drug-likeness (QED) is 0.761. The minimum absolute atomic E-state index is 0.0357. The van der Waals surface area contributed by atoms with E-state index in [2.05, 4.69) is 10.6 Å². The summed E-state index contributed by atoms with van der Waals surface area (Å²) in [4.78, 5) is 22.4. The SMILES string of the molecule is O=C(NCCF)Nc1ccc(C2(C(=O)O)CC2)cc1. The van der Waals surface area contributed by atoms with E-state index in [0.29, 0.717) is 18.5 Å². The van der Waals surface area contributed by atoms with Gasteiger partial charge in [0.15, 0.2) is 0 Å². The summed E-state index contributed by atoms with van der Waals surface area (Å²) in [7, 11) is 0. The Labute approximate surface area is 109 Å². The summed E-state index contributed by atoms with van der Waals surface area (Å²) in [5.41, 5.74) is 0.547. The molecule has 0 bridgehead atoms. The van der Waals surface area contributed by atoms with Crippen molar-refractivity contribution in [1.82, 2.24) is 5.32 Å². The van der Waals surface area contributed by atoms with Gasteiger partial charge < -0.3 is 15.7 Å². The lowest BCUT2D eigenvalue weighted by Gasteiger charge is -2.11. The number of carboxylic acids is 1. The van der Waals surface area contributed by atoms with E-state index in [1.54, 1.807) is 24.3 Å². The molecule has 0 atom stereocenters. The number of anilines is 1. The maximum Gasteiger partial charge on any atom is 0.319 e. The van der Waals surface area contributed by atoms with Gasteiger partial charge in [0.2, 0.25) is 0 Å². The molecule has 0 radical (unpaired) electrons. The molecule has 0 aromatic heterocycles. The lowest BCUT2D eigenvalue weighted by Crippen LogP contribution is -2.30. The van der Waals surface area contributed by atoms with E-state index < -0.39 is 24.1 Å². The predicted molar refractivity (Wildman–Crippen MR) is 68.0 cm³/mol. The number of benzene rings is 1. The fourth-order valence-corrected chi connectivity index (χ4v) is 1.96. The summed E-state index contributed by atoms with van der Waals surface area (Å²) < 4.78 is 11.9. The van der Waals surface area contributed by atoms with Gasteiger partial charge in [-0.2, -0.15) is 0 Å². The van der Waals surface area contributed by atoms with Gasteiger partial charge in [-0.3, -0.25) is 4.79 Å². The van der Waals surface area contributed by atoms with Crippen LogP contribution in [0.25, 0.3) is 0 Å². The van der Waals surface area contributed by atoms with Crippen LogP contribution in [0.5, 0.6) is 0 Å². The normalized spacial score (nSPS) is 15.6. The highest BCUT2D eigenvalue weighted by Gasteiger charge is 2.51. The van der Waals surface area contributed by atoms with Gasteiger partial charge in [0.05, 0.1) is 5.41 Å². The number of rotatable bonds is 5. The molecule has 102 valence electrons. The fraction of sp³-hybridized carbons (Fsp3) is 0.385. The van der Waals surface area contributed by atoms with Gasteiger partial charge in [0.1, 0.15) is 6.67 Å². The van der Waals surface area contributed by atoms with Crippen LogP contribution >= 0.6 is 0 Å². The number of carbonyl (C=O) groups excluding carboxylic acids is 1. The first-order chi connectivity index (χ1) is 9.08. The van der Waals surface area contributed by atoms with Crippen LogP contribution in [0, 0.1) is 0 Å². The summed E-state index contributed by atoms with van der Waals surface area (Å²) in [6, 6.07) is 6.21. The van der Waals surface area contributed by atoms with Crippen molar-refractivity contribution in [2.45, 2.75) is 18.3 Å². The average Bonchev–Trinajstić information content (AvgIpc) is 3.19. The average molecular weight is 266 g/mol. The minimum atomic E-state index is -0.811. The molecule has 0 saturated heterocycles. The molecule has 0 spiro atoms. The van der Waals surface area contributed by atoms with Crippen molar-refractivity contribution in [2.24, 2.45) is 0 Å². The highest BCUT2D eigenvalue weighted by Crippen LogP contribution is 2.48. The molecule has 0 heterocycles. The molecule has 2 rings (SSSR count). The van der Waals surface area contributed by atoms with Crippen molar-refractivity contribution in [2.75, 3.05) is 18.5 Å². The Kier molecular flexibility index (Phi) is 3.69. The summed E-state index contributed by atoms with van der Waals surface area (Å²) in [6.07, 6.45) is 1.29. The van der Waals surface area contributed by atoms with Gasteiger partial charge in [0.25, 0.3) is 0 Å². The molecule has 6 heteroatoms. The maximum atomic E-state index is 11.9. The van der Waals surface area contributed by atoms with E-state index >= 15 is 0 Å². The van der Waals surface area contributed by atoms with E-state index in [4.69, 9.17) is 5.11 Å². The third kappa shape index (κ3) is 2.83.